The Morgan fingerprint density at radius 3 is 2.53 bits per heavy atom. The molecule has 2 heterocycles. The first kappa shape index (κ1) is 27.5. The second-order valence-corrected chi connectivity index (χ2v) is 14.7. The summed E-state index contributed by atoms with van der Waals surface area (Å²) >= 11 is 0. The van der Waals surface area contributed by atoms with E-state index in [1.807, 2.05) is 6.07 Å². The van der Waals surface area contributed by atoms with Crippen LogP contribution in [0.2, 0.25) is 0 Å². The van der Waals surface area contributed by atoms with Crippen LogP contribution in [0.5, 0.6) is 0 Å². The molecule has 1 aromatic carbocycles. The predicted octanol–water partition coefficient (Wildman–Crippen LogP) is 5.07. The Bertz CT molecular complexity index is 1390. The van der Waals surface area contributed by atoms with Gasteiger partial charge in [0.15, 0.2) is 0 Å². The van der Waals surface area contributed by atoms with Crippen LogP contribution in [0.25, 0.3) is 0 Å². The lowest BCUT2D eigenvalue weighted by Crippen LogP contribution is -2.27. The number of nitrogens with zero attached hydrogens (tertiary/aromatic N) is 4. The first-order chi connectivity index (χ1) is 16.6. The molecule has 0 radical (unpaired) electrons. The summed E-state index contributed by atoms with van der Waals surface area (Å²) < 4.78 is 66.9. The van der Waals surface area contributed by atoms with Crippen LogP contribution in [0.1, 0.15) is 16.7 Å². The van der Waals surface area contributed by atoms with Gasteiger partial charge in [0.2, 0.25) is 5.95 Å². The summed E-state index contributed by atoms with van der Waals surface area (Å²) in [6.45, 7) is 3.30. The van der Waals surface area contributed by atoms with Crippen molar-refractivity contribution in [1.29, 1.82) is 0 Å². The van der Waals surface area contributed by atoms with Crippen molar-refractivity contribution in [3.63, 3.8) is 0 Å². The minimum atomic E-state index is -4.69. The van der Waals surface area contributed by atoms with Gasteiger partial charge in [-0.1, -0.05) is 18.2 Å². The van der Waals surface area contributed by atoms with Crippen LogP contribution < -0.4 is 14.9 Å². The second kappa shape index (κ2) is 10.5. The Kier molecular flexibility index (Phi) is 8.00. The van der Waals surface area contributed by atoms with Gasteiger partial charge >= 0.3 is 6.18 Å². The van der Waals surface area contributed by atoms with E-state index in [0.29, 0.717) is 29.4 Å². The minimum Gasteiger partial charge on any atom is -0.365 e. The van der Waals surface area contributed by atoms with Gasteiger partial charge in [0.05, 0.1) is 7.14 Å². The molecule has 0 aliphatic carbocycles. The zero-order chi connectivity index (χ0) is 26.7. The largest absolute Gasteiger partial charge is 0.421 e. The van der Waals surface area contributed by atoms with Gasteiger partial charge in [-0.2, -0.15) is 18.2 Å². The smallest absolute Gasteiger partial charge is 0.365 e. The Morgan fingerprint density at radius 2 is 1.89 bits per heavy atom. The maximum Gasteiger partial charge on any atom is 0.421 e. The van der Waals surface area contributed by atoms with Crippen LogP contribution in [-0.4, -0.2) is 51.7 Å². The highest BCUT2D eigenvalue weighted by molar-refractivity contribution is 8.00. The van der Waals surface area contributed by atoms with Crippen LogP contribution >= 0.6 is 7.14 Å². The maximum atomic E-state index is 13.7. The Labute approximate surface area is 208 Å². The summed E-state index contributed by atoms with van der Waals surface area (Å²) in [6, 6.07) is 10.3. The zero-order valence-corrected chi connectivity index (χ0v) is 22.0. The van der Waals surface area contributed by atoms with E-state index in [4.69, 9.17) is 0 Å². The number of halogens is 3. The number of anilines is 4. The fraction of sp³-hybridized carbons (Fsp3) is 0.304. The lowest BCUT2D eigenvalue weighted by atomic mass is 10.2. The molecular formula is C23H28F3N6O2PS. The maximum absolute atomic E-state index is 13.7. The number of hydrogen-bond acceptors (Lipinski definition) is 7. The minimum absolute atomic E-state index is 0.0447. The molecule has 0 saturated carbocycles. The van der Waals surface area contributed by atoms with Gasteiger partial charge < -0.3 is 15.2 Å². The Balaban J connectivity index is 1.90. The molecule has 2 aromatic heterocycles. The molecule has 0 fully saturated rings. The number of hydrogen-bond donors (Lipinski definition) is 2. The van der Waals surface area contributed by atoms with Gasteiger partial charge in [-0.15, -0.1) is 0 Å². The molecule has 0 amide bonds. The van der Waals surface area contributed by atoms with E-state index >= 15 is 0 Å². The summed E-state index contributed by atoms with van der Waals surface area (Å²) in [5, 5.41) is 5.63. The predicted molar refractivity (Wildman–Crippen MR) is 141 cm³/mol. The highest BCUT2D eigenvalue weighted by Gasteiger charge is 2.35. The summed E-state index contributed by atoms with van der Waals surface area (Å²) in [7, 11) is -3.39. The van der Waals surface area contributed by atoms with Crippen LogP contribution in [0.3, 0.4) is 0 Å². The third kappa shape index (κ3) is 7.44. The van der Waals surface area contributed by atoms with Gasteiger partial charge in [-0.25, -0.2) is 14.2 Å². The molecule has 0 aliphatic rings. The molecule has 194 valence electrons. The fourth-order valence-electron chi connectivity index (χ4n) is 3.31. The molecular weight excluding hydrogens is 512 g/mol. The third-order valence-corrected chi connectivity index (χ3v) is 7.49. The van der Waals surface area contributed by atoms with Crippen molar-refractivity contribution in [3.8, 4) is 0 Å². The second-order valence-electron chi connectivity index (χ2n) is 8.81. The standard InChI is InChI=1S/C23H28F3N6O2PS/c1-32(36(4,5)34)21-17(9-7-11-27-21)13-28-20-19(23(24,25)26)14-29-22(31-20)30-18-10-6-8-16(12-18)15-35(2,3)33/h6-12,14H,4,13,15H2,1-3,5H3,(H2,28,29,30,31). The number of nitrogens with one attached hydrogen (secondary N) is 2. The van der Waals surface area contributed by atoms with Crippen molar-refractivity contribution in [1.82, 2.24) is 15.0 Å². The highest BCUT2D eigenvalue weighted by Crippen LogP contribution is 2.40. The molecule has 3 rings (SSSR count). The van der Waals surface area contributed by atoms with E-state index in [-0.39, 0.29) is 12.5 Å². The molecule has 0 aliphatic heterocycles. The third-order valence-electron chi connectivity index (χ3n) is 5.03. The van der Waals surface area contributed by atoms with E-state index in [1.54, 1.807) is 50.7 Å². The number of rotatable bonds is 9. The van der Waals surface area contributed by atoms with E-state index in [1.165, 1.54) is 16.8 Å². The number of aromatic nitrogens is 3. The number of benzene rings is 1. The van der Waals surface area contributed by atoms with Crippen LogP contribution in [0, 0.1) is 0 Å². The molecule has 1 unspecified atom stereocenters. The van der Waals surface area contributed by atoms with Gasteiger partial charge in [0.25, 0.3) is 0 Å². The lowest BCUT2D eigenvalue weighted by Gasteiger charge is -2.22. The quantitative estimate of drug-likeness (QED) is 0.289. The van der Waals surface area contributed by atoms with Crippen LogP contribution in [0.15, 0.2) is 48.8 Å². The highest BCUT2D eigenvalue weighted by atomic mass is 32.2. The molecule has 13 heteroatoms. The monoisotopic (exact) mass is 540 g/mol. The van der Waals surface area contributed by atoms with Crippen molar-refractivity contribution in [3.05, 3.63) is 65.5 Å². The van der Waals surface area contributed by atoms with Gasteiger partial charge in [-0.3, -0.25) is 4.31 Å². The van der Waals surface area contributed by atoms with Crippen molar-refractivity contribution in [2.45, 2.75) is 18.9 Å². The number of pyridine rings is 1. The van der Waals surface area contributed by atoms with E-state index in [9.17, 15) is 21.9 Å². The molecule has 8 nitrogen and oxygen atoms in total. The van der Waals surface area contributed by atoms with Crippen LogP contribution in [0.4, 0.5) is 36.4 Å². The zero-order valence-electron chi connectivity index (χ0n) is 20.3. The normalized spacial score (nSPS) is 13.6. The fourth-order valence-corrected chi connectivity index (χ4v) is 4.92. The number of alkyl halides is 3. The first-order valence-corrected chi connectivity index (χ1v) is 15.6. The average Bonchev–Trinajstić information content (AvgIpc) is 2.75. The molecule has 0 saturated heterocycles. The topological polar surface area (TPSA) is 100 Å². The molecule has 36 heavy (non-hydrogen) atoms. The van der Waals surface area contributed by atoms with Crippen molar-refractivity contribution in [2.75, 3.05) is 41.6 Å². The van der Waals surface area contributed by atoms with Crippen molar-refractivity contribution >= 4 is 46.0 Å². The summed E-state index contributed by atoms with van der Waals surface area (Å²) in [4.78, 5) is 12.1. The lowest BCUT2D eigenvalue weighted by molar-refractivity contribution is -0.137. The Hall–Kier alpha value is -3.11. The average molecular weight is 541 g/mol. The molecule has 2 N–H and O–H groups in total. The Morgan fingerprint density at radius 1 is 1.17 bits per heavy atom. The first-order valence-electron chi connectivity index (χ1n) is 10.7. The van der Waals surface area contributed by atoms with Gasteiger partial charge in [-0.05, 0) is 43.0 Å². The molecule has 0 spiro atoms. The van der Waals surface area contributed by atoms with E-state index in [2.05, 4.69) is 31.5 Å². The van der Waals surface area contributed by atoms with Gasteiger partial charge in [0.1, 0.15) is 17.2 Å². The van der Waals surface area contributed by atoms with Crippen molar-refractivity contribution in [2.24, 2.45) is 0 Å². The SMILES string of the molecule is C=S(C)(=O)N(C)c1ncccc1CNc1nc(Nc2cccc(CP(C)(C)=O)c2)ncc1C(F)(F)F. The van der Waals surface area contributed by atoms with Crippen molar-refractivity contribution < 1.29 is 21.9 Å². The molecule has 3 aromatic rings. The van der Waals surface area contributed by atoms with Crippen LogP contribution in [-0.2, 0) is 33.2 Å². The van der Waals surface area contributed by atoms with Gasteiger partial charge in [0, 0.05) is 59.4 Å². The van der Waals surface area contributed by atoms with E-state index in [0.717, 1.165) is 5.56 Å². The summed E-state index contributed by atoms with van der Waals surface area (Å²) in [5.74, 6) is 3.49. The summed E-state index contributed by atoms with van der Waals surface area (Å²) in [6.07, 6.45) is -0.651. The molecule has 0 bridgehead atoms. The molecule has 1 atom stereocenters. The van der Waals surface area contributed by atoms with E-state index < -0.39 is 34.4 Å². The summed E-state index contributed by atoms with van der Waals surface area (Å²) in [5.41, 5.74) is 0.853.